The van der Waals surface area contributed by atoms with Crippen molar-refractivity contribution in [1.29, 1.82) is 0 Å². The van der Waals surface area contributed by atoms with E-state index in [1.165, 1.54) is 0 Å². The Kier molecular flexibility index (Phi) is 4.70. The normalized spacial score (nSPS) is 10.2. The van der Waals surface area contributed by atoms with E-state index < -0.39 is 5.97 Å². The van der Waals surface area contributed by atoms with Gasteiger partial charge in [0, 0.05) is 11.3 Å². The van der Waals surface area contributed by atoms with Gasteiger partial charge in [-0.2, -0.15) is 0 Å². The molecule has 2 rings (SSSR count). The average Bonchev–Trinajstić information content (AvgIpc) is 2.46. The van der Waals surface area contributed by atoms with Crippen molar-refractivity contribution < 1.29 is 14.3 Å². The number of nitrogens with one attached hydrogen (secondary N) is 1. The maximum absolute atomic E-state index is 12.2. The molecule has 21 heavy (non-hydrogen) atoms. The lowest BCUT2D eigenvalue weighted by Crippen LogP contribution is -2.11. The van der Waals surface area contributed by atoms with Gasteiger partial charge in [-0.05, 0) is 50.3 Å². The first-order valence-corrected chi connectivity index (χ1v) is 6.90. The maximum atomic E-state index is 12.2. The van der Waals surface area contributed by atoms with Gasteiger partial charge in [-0.15, -0.1) is 0 Å². The number of methoxy groups -OCH3 is 1. The van der Waals surface area contributed by atoms with E-state index in [1.54, 1.807) is 33.1 Å². The zero-order valence-corrected chi connectivity index (χ0v) is 12.9. The van der Waals surface area contributed by atoms with Crippen LogP contribution in [0.5, 0.6) is 5.75 Å². The zero-order chi connectivity index (χ0) is 15.4. The second-order valence-corrected chi connectivity index (χ2v) is 4.73. The molecule has 2 aromatic rings. The van der Waals surface area contributed by atoms with Crippen molar-refractivity contribution >= 4 is 18.2 Å². The summed E-state index contributed by atoms with van der Waals surface area (Å²) in [5.74, 6) is 0.314. The summed E-state index contributed by atoms with van der Waals surface area (Å²) in [7, 11) is 1.60. The van der Waals surface area contributed by atoms with Gasteiger partial charge >= 0.3 is 5.97 Å². The summed E-state index contributed by atoms with van der Waals surface area (Å²) in [5, 5.41) is 0. The third-order valence-corrected chi connectivity index (χ3v) is 3.16. The van der Waals surface area contributed by atoms with Crippen LogP contribution in [0, 0.1) is 11.7 Å². The number of aryl methyl sites for hydroxylation is 1. The fourth-order valence-corrected chi connectivity index (χ4v) is 2.24. The van der Waals surface area contributed by atoms with E-state index in [0.29, 0.717) is 28.3 Å². The van der Waals surface area contributed by atoms with Crippen LogP contribution in [-0.2, 0) is 4.74 Å². The lowest BCUT2D eigenvalue weighted by atomic mass is 10.0. The number of carbonyl (C=O) groups is 1. The Labute approximate surface area is 127 Å². The van der Waals surface area contributed by atoms with Gasteiger partial charge in [0.2, 0.25) is 0 Å². The summed E-state index contributed by atoms with van der Waals surface area (Å²) < 4.78 is 10.6. The summed E-state index contributed by atoms with van der Waals surface area (Å²) in [5.41, 5.74) is 2.33. The Morgan fingerprint density at radius 3 is 2.57 bits per heavy atom. The van der Waals surface area contributed by atoms with Crippen LogP contribution >= 0.6 is 12.2 Å². The minimum Gasteiger partial charge on any atom is -0.497 e. The van der Waals surface area contributed by atoms with E-state index in [-0.39, 0.29) is 0 Å². The van der Waals surface area contributed by atoms with E-state index in [4.69, 9.17) is 21.7 Å². The highest BCUT2D eigenvalue weighted by molar-refractivity contribution is 7.71. The van der Waals surface area contributed by atoms with Crippen LogP contribution in [0.4, 0.5) is 0 Å². The first kappa shape index (κ1) is 15.2. The molecule has 0 saturated heterocycles. The molecule has 0 aliphatic rings. The van der Waals surface area contributed by atoms with Crippen molar-refractivity contribution in [1.82, 2.24) is 9.97 Å². The van der Waals surface area contributed by atoms with Crippen LogP contribution in [0.15, 0.2) is 24.3 Å². The Hall–Kier alpha value is -2.21. The number of ether oxygens (including phenoxy) is 2. The molecule has 0 saturated carbocycles. The fourth-order valence-electron chi connectivity index (χ4n) is 2.00. The van der Waals surface area contributed by atoms with Crippen molar-refractivity contribution in [2.75, 3.05) is 13.7 Å². The molecule has 0 aliphatic heterocycles. The van der Waals surface area contributed by atoms with Crippen LogP contribution in [0.25, 0.3) is 11.3 Å². The molecule has 110 valence electrons. The van der Waals surface area contributed by atoms with Gasteiger partial charge in [-0.25, -0.2) is 9.78 Å². The topological polar surface area (TPSA) is 64.2 Å². The molecule has 0 radical (unpaired) electrons. The minimum absolute atomic E-state index is 0.302. The maximum Gasteiger partial charge on any atom is 0.342 e. The van der Waals surface area contributed by atoms with Gasteiger partial charge in [-0.3, -0.25) is 0 Å². The van der Waals surface area contributed by atoms with Gasteiger partial charge in [0.1, 0.15) is 11.3 Å². The number of nitrogens with zero attached hydrogens (tertiary/aromatic N) is 1. The third kappa shape index (κ3) is 3.28. The number of esters is 1. The molecule has 1 N–H and O–H groups in total. The zero-order valence-electron chi connectivity index (χ0n) is 12.1. The Bertz CT molecular complexity index is 708. The van der Waals surface area contributed by atoms with E-state index in [1.807, 2.05) is 12.1 Å². The van der Waals surface area contributed by atoms with Gasteiger partial charge in [0.15, 0.2) is 4.77 Å². The Morgan fingerprint density at radius 2 is 2.00 bits per heavy atom. The van der Waals surface area contributed by atoms with Gasteiger partial charge in [0.25, 0.3) is 0 Å². The molecule has 0 fully saturated rings. The van der Waals surface area contributed by atoms with Gasteiger partial charge in [-0.1, -0.05) is 0 Å². The summed E-state index contributed by atoms with van der Waals surface area (Å²) in [6.07, 6.45) is 0. The highest BCUT2D eigenvalue weighted by Crippen LogP contribution is 2.25. The number of rotatable bonds is 4. The molecule has 1 aromatic heterocycles. The van der Waals surface area contributed by atoms with Gasteiger partial charge < -0.3 is 14.5 Å². The molecule has 0 aliphatic carbocycles. The molecule has 1 aromatic carbocycles. The number of H-pyrrole nitrogens is 1. The highest BCUT2D eigenvalue weighted by Gasteiger charge is 2.19. The first-order chi connectivity index (χ1) is 10.1. The van der Waals surface area contributed by atoms with Crippen LogP contribution in [0.3, 0.4) is 0 Å². The highest BCUT2D eigenvalue weighted by atomic mass is 32.1. The predicted molar refractivity (Wildman–Crippen MR) is 82.1 cm³/mol. The van der Waals surface area contributed by atoms with Gasteiger partial charge in [0.05, 0.1) is 19.4 Å². The van der Waals surface area contributed by atoms with Crippen molar-refractivity contribution in [3.8, 4) is 17.0 Å². The molecule has 0 atom stereocenters. The largest absolute Gasteiger partial charge is 0.497 e. The SMILES string of the molecule is CCOC(=O)c1c(-c2ccc(OC)cc2)nc(=S)[nH]c1C. The van der Waals surface area contributed by atoms with Crippen LogP contribution in [-0.4, -0.2) is 29.7 Å². The van der Waals surface area contributed by atoms with Crippen molar-refractivity contribution in [3.05, 3.63) is 40.3 Å². The molecule has 0 spiro atoms. The second kappa shape index (κ2) is 6.49. The molecular weight excluding hydrogens is 288 g/mol. The van der Waals surface area contributed by atoms with Crippen LogP contribution in [0.2, 0.25) is 0 Å². The average molecular weight is 304 g/mol. The Balaban J connectivity index is 2.60. The fraction of sp³-hybridized carbons (Fsp3) is 0.267. The summed E-state index contributed by atoms with van der Waals surface area (Å²) >= 11 is 5.10. The van der Waals surface area contributed by atoms with Crippen molar-refractivity contribution in [3.63, 3.8) is 0 Å². The monoisotopic (exact) mass is 304 g/mol. The molecule has 5 nitrogen and oxygen atoms in total. The number of hydrogen-bond donors (Lipinski definition) is 1. The lowest BCUT2D eigenvalue weighted by molar-refractivity contribution is 0.0525. The smallest absolute Gasteiger partial charge is 0.342 e. The molecular formula is C15H16N2O3S. The first-order valence-electron chi connectivity index (χ1n) is 6.49. The summed E-state index contributed by atoms with van der Waals surface area (Å²) in [4.78, 5) is 19.3. The van der Waals surface area contributed by atoms with Crippen molar-refractivity contribution in [2.24, 2.45) is 0 Å². The number of aromatic amines is 1. The third-order valence-electron chi connectivity index (χ3n) is 2.96. The number of carbonyl (C=O) groups excluding carboxylic acids is 1. The van der Waals surface area contributed by atoms with E-state index in [9.17, 15) is 4.79 Å². The van der Waals surface area contributed by atoms with E-state index >= 15 is 0 Å². The summed E-state index contributed by atoms with van der Waals surface area (Å²) in [6.45, 7) is 3.84. The predicted octanol–water partition coefficient (Wildman–Crippen LogP) is 3.30. The quantitative estimate of drug-likeness (QED) is 0.693. The van der Waals surface area contributed by atoms with E-state index in [0.717, 1.165) is 11.3 Å². The minimum atomic E-state index is -0.417. The number of hydrogen-bond acceptors (Lipinski definition) is 5. The van der Waals surface area contributed by atoms with Crippen LogP contribution in [0.1, 0.15) is 23.0 Å². The Morgan fingerprint density at radius 1 is 1.33 bits per heavy atom. The summed E-state index contributed by atoms with van der Waals surface area (Å²) in [6, 6.07) is 7.28. The standard InChI is InChI=1S/C15H16N2O3S/c1-4-20-14(18)12-9(2)16-15(21)17-13(12)10-5-7-11(19-3)8-6-10/h5-8H,4H2,1-3H3,(H,16,17,21). The number of benzene rings is 1. The van der Waals surface area contributed by atoms with Crippen LogP contribution < -0.4 is 4.74 Å². The van der Waals surface area contributed by atoms with Crippen molar-refractivity contribution in [2.45, 2.75) is 13.8 Å². The molecule has 0 bridgehead atoms. The lowest BCUT2D eigenvalue weighted by Gasteiger charge is -2.11. The molecule has 0 unspecified atom stereocenters. The molecule has 1 heterocycles. The number of aromatic nitrogens is 2. The molecule has 0 amide bonds. The molecule has 6 heteroatoms. The second-order valence-electron chi connectivity index (χ2n) is 4.34. The van der Waals surface area contributed by atoms with E-state index in [2.05, 4.69) is 9.97 Å².